The van der Waals surface area contributed by atoms with Crippen molar-refractivity contribution < 1.29 is 5.11 Å². The van der Waals surface area contributed by atoms with Crippen molar-refractivity contribution in [1.29, 1.82) is 0 Å². The standard InChI is InChI=1S/C23H20N4O.C20H15ClN4/c1-17-21(23(28)27(26-17)20-15-9-4-10-16-20)22(18-11-5-2-6-12-18)25-24-19-13-7-3-8-14-19;21-19-17-13-7-8-14-18(17)20(23-22-19)24-25(15-9-3-1-4-10-15)16-11-5-2-6-12-16/h2-16,24,28H,1H3;1-14H,(H,23,24). The number of aryl methyl sites for hydroxylation is 1. The van der Waals surface area contributed by atoms with E-state index in [0.29, 0.717) is 27.6 Å². The highest BCUT2D eigenvalue weighted by atomic mass is 35.5. The molecule has 3 N–H and O–H groups in total. The number of hydrogen-bond donors (Lipinski definition) is 3. The molecule has 260 valence electrons. The number of fused-ring (bicyclic) bond motifs is 1. The maximum atomic E-state index is 11.0. The molecule has 10 heteroatoms. The highest BCUT2D eigenvalue weighted by molar-refractivity contribution is 6.34. The van der Waals surface area contributed by atoms with Gasteiger partial charge in [-0.15, -0.1) is 5.10 Å². The Bertz CT molecular complexity index is 2470. The number of aromatic nitrogens is 4. The molecule has 0 aliphatic carbocycles. The third-order valence-electron chi connectivity index (χ3n) is 8.26. The number of halogens is 1. The molecule has 0 unspecified atom stereocenters. The van der Waals surface area contributed by atoms with Crippen molar-refractivity contribution in [2.75, 3.05) is 10.4 Å². The van der Waals surface area contributed by atoms with E-state index in [1.165, 1.54) is 4.68 Å². The molecule has 0 bridgehead atoms. The number of nitrogens with one attached hydrogen (secondary N) is 2. The number of anilines is 3. The van der Waals surface area contributed by atoms with Crippen molar-refractivity contribution in [2.24, 2.45) is 10.2 Å². The lowest BCUT2D eigenvalue weighted by molar-refractivity contribution is 0.432. The van der Waals surface area contributed by atoms with Crippen LogP contribution in [0.15, 0.2) is 186 Å². The summed E-state index contributed by atoms with van der Waals surface area (Å²) in [5, 5.41) is 36.2. The lowest BCUT2D eigenvalue weighted by Crippen LogP contribution is -2.19. The smallest absolute Gasteiger partial charge is 0.224 e. The molecule has 2 heterocycles. The van der Waals surface area contributed by atoms with Crippen molar-refractivity contribution in [3.05, 3.63) is 203 Å². The minimum Gasteiger partial charge on any atom is -0.493 e. The van der Waals surface area contributed by atoms with Gasteiger partial charge in [-0.2, -0.15) is 15.3 Å². The molecule has 8 rings (SSSR count). The zero-order valence-corrected chi connectivity index (χ0v) is 29.5. The van der Waals surface area contributed by atoms with Gasteiger partial charge in [0.05, 0.1) is 34.0 Å². The first-order valence-electron chi connectivity index (χ1n) is 16.9. The minimum absolute atomic E-state index is 0.0566. The lowest BCUT2D eigenvalue weighted by atomic mass is 10.0. The number of aromatic hydroxyl groups is 1. The number of hydrazone groups is 1. The van der Waals surface area contributed by atoms with Gasteiger partial charge in [0.1, 0.15) is 5.71 Å². The summed E-state index contributed by atoms with van der Waals surface area (Å²) in [6, 6.07) is 56.8. The summed E-state index contributed by atoms with van der Waals surface area (Å²) in [4.78, 5) is 0. The van der Waals surface area contributed by atoms with Crippen LogP contribution in [-0.2, 0) is 0 Å². The average Bonchev–Trinajstić information content (AvgIpc) is 3.52. The van der Waals surface area contributed by atoms with Crippen LogP contribution in [0, 0.1) is 6.92 Å². The number of benzene rings is 6. The molecule has 0 aliphatic heterocycles. The predicted molar refractivity (Wildman–Crippen MR) is 214 cm³/mol. The Balaban J connectivity index is 0.000000165. The van der Waals surface area contributed by atoms with Gasteiger partial charge in [0, 0.05) is 16.3 Å². The van der Waals surface area contributed by atoms with Crippen molar-refractivity contribution in [1.82, 2.24) is 20.0 Å². The van der Waals surface area contributed by atoms with E-state index < -0.39 is 0 Å². The number of aromatic amines is 1. The van der Waals surface area contributed by atoms with Crippen LogP contribution < -0.4 is 15.9 Å². The van der Waals surface area contributed by atoms with Gasteiger partial charge in [-0.25, -0.2) is 9.69 Å². The number of nitrogens with zero attached hydrogens (tertiary/aromatic N) is 6. The highest BCUT2D eigenvalue weighted by Gasteiger charge is 2.22. The fourth-order valence-electron chi connectivity index (χ4n) is 5.71. The first-order chi connectivity index (χ1) is 26.1. The molecular weight excluding hydrogens is 680 g/mol. The van der Waals surface area contributed by atoms with Crippen LogP contribution in [0.25, 0.3) is 16.5 Å². The zero-order chi connectivity index (χ0) is 36.4. The van der Waals surface area contributed by atoms with Crippen molar-refractivity contribution >= 4 is 45.1 Å². The number of H-pyrrole nitrogens is 1. The summed E-state index contributed by atoms with van der Waals surface area (Å²) in [6.45, 7) is 1.87. The van der Waals surface area contributed by atoms with Crippen LogP contribution >= 0.6 is 11.6 Å². The molecule has 0 spiro atoms. The van der Waals surface area contributed by atoms with Gasteiger partial charge in [0.25, 0.3) is 0 Å². The van der Waals surface area contributed by atoms with Crippen LogP contribution in [0.2, 0.25) is 5.15 Å². The molecule has 0 fully saturated rings. The molecular formula is C43H35ClN8O. The first-order valence-corrected chi connectivity index (χ1v) is 17.3. The maximum Gasteiger partial charge on any atom is 0.224 e. The molecule has 0 saturated heterocycles. The number of rotatable bonds is 8. The van der Waals surface area contributed by atoms with Gasteiger partial charge in [0.2, 0.25) is 5.88 Å². The Morgan fingerprint density at radius 2 is 1.19 bits per heavy atom. The van der Waals surface area contributed by atoms with Crippen LogP contribution in [0.1, 0.15) is 16.8 Å². The third-order valence-corrected chi connectivity index (χ3v) is 8.55. The van der Waals surface area contributed by atoms with E-state index in [4.69, 9.17) is 16.7 Å². The summed E-state index contributed by atoms with van der Waals surface area (Å²) in [7, 11) is 0. The van der Waals surface area contributed by atoms with Gasteiger partial charge in [-0.3, -0.25) is 10.5 Å². The maximum absolute atomic E-state index is 11.0. The fourth-order valence-corrected chi connectivity index (χ4v) is 5.91. The van der Waals surface area contributed by atoms with E-state index in [1.807, 2.05) is 188 Å². The van der Waals surface area contributed by atoms with Gasteiger partial charge < -0.3 is 5.11 Å². The van der Waals surface area contributed by atoms with E-state index >= 15 is 0 Å². The quantitative estimate of drug-likeness (QED) is 0.107. The van der Waals surface area contributed by atoms with Gasteiger partial charge >= 0.3 is 0 Å². The Morgan fingerprint density at radius 3 is 1.79 bits per heavy atom. The molecule has 0 atom stereocenters. The monoisotopic (exact) mass is 714 g/mol. The van der Waals surface area contributed by atoms with Crippen molar-refractivity contribution in [2.45, 2.75) is 6.92 Å². The zero-order valence-electron chi connectivity index (χ0n) is 28.8. The van der Waals surface area contributed by atoms with E-state index in [0.717, 1.165) is 39.1 Å². The molecule has 0 saturated carbocycles. The molecule has 53 heavy (non-hydrogen) atoms. The first kappa shape index (κ1) is 34.5. The molecule has 0 amide bonds. The highest BCUT2D eigenvalue weighted by Crippen LogP contribution is 2.28. The van der Waals surface area contributed by atoms with Crippen LogP contribution in [0.3, 0.4) is 0 Å². The van der Waals surface area contributed by atoms with Crippen molar-refractivity contribution in [3.8, 4) is 11.6 Å². The molecule has 9 nitrogen and oxygen atoms in total. The van der Waals surface area contributed by atoms with Crippen molar-refractivity contribution in [3.63, 3.8) is 0 Å². The molecule has 6 aromatic carbocycles. The van der Waals surface area contributed by atoms with Crippen LogP contribution in [-0.4, -0.2) is 30.8 Å². The van der Waals surface area contributed by atoms with E-state index in [1.54, 1.807) is 0 Å². The molecule has 0 radical (unpaired) electrons. The summed E-state index contributed by atoms with van der Waals surface area (Å²) in [5.74, 6) is 0.0566. The second-order valence-corrected chi connectivity index (χ2v) is 12.2. The lowest BCUT2D eigenvalue weighted by Gasteiger charge is -2.19. The van der Waals surface area contributed by atoms with E-state index in [2.05, 4.69) is 25.8 Å². The summed E-state index contributed by atoms with van der Waals surface area (Å²) in [6.07, 6.45) is 0. The number of para-hydroxylation sites is 4. The van der Waals surface area contributed by atoms with Crippen LogP contribution in [0.5, 0.6) is 5.88 Å². The summed E-state index contributed by atoms with van der Waals surface area (Å²) in [5.41, 5.74) is 10.1. The average molecular weight is 715 g/mol. The predicted octanol–water partition coefficient (Wildman–Crippen LogP) is 9.62. The Hall–Kier alpha value is -6.97. The minimum atomic E-state index is 0.0566. The third kappa shape index (κ3) is 8.01. The summed E-state index contributed by atoms with van der Waals surface area (Å²) >= 11 is 6.20. The normalized spacial score (nSPS) is 11.5. The second kappa shape index (κ2) is 16.4. The Morgan fingerprint density at radius 1 is 0.679 bits per heavy atom. The molecule has 2 aromatic heterocycles. The largest absolute Gasteiger partial charge is 0.493 e. The van der Waals surface area contributed by atoms with E-state index in [9.17, 15) is 5.11 Å². The SMILES string of the molecule is Cc1nn(-c2ccccc2)c(O)c1C(=NNc1ccccc1)c1ccccc1.Clc1n[nH]c(=NN(c2ccccc2)c2ccccc2)c2ccccc12. The fraction of sp³-hybridized carbons (Fsp3) is 0.0233. The van der Waals surface area contributed by atoms with Gasteiger partial charge in [-0.1, -0.05) is 139 Å². The van der Waals surface area contributed by atoms with Crippen LogP contribution in [0.4, 0.5) is 17.1 Å². The number of hydrogen-bond acceptors (Lipinski definition) is 7. The second-order valence-electron chi connectivity index (χ2n) is 11.8. The molecule has 0 aliphatic rings. The van der Waals surface area contributed by atoms with Gasteiger partial charge in [-0.05, 0) is 55.5 Å². The Labute approximate surface area is 311 Å². The van der Waals surface area contributed by atoms with E-state index in [-0.39, 0.29) is 5.88 Å². The molecule has 8 aromatic rings. The topological polar surface area (TPSA) is 107 Å². The summed E-state index contributed by atoms with van der Waals surface area (Å²) < 4.78 is 1.53. The van der Waals surface area contributed by atoms with Gasteiger partial charge in [0.15, 0.2) is 10.6 Å². The Kier molecular flexibility index (Phi) is 10.6.